The zero-order chi connectivity index (χ0) is 23.5. The largest absolute Gasteiger partial charge is 0.480 e. The first-order chi connectivity index (χ1) is 15.1. The molecule has 1 atom stereocenters. The van der Waals surface area contributed by atoms with Crippen LogP contribution in [0.15, 0.2) is 40.3 Å². The quantitative estimate of drug-likeness (QED) is 0.476. The van der Waals surface area contributed by atoms with Crippen molar-refractivity contribution in [3.63, 3.8) is 0 Å². The van der Waals surface area contributed by atoms with Crippen molar-refractivity contribution in [2.45, 2.75) is 62.4 Å². The molecule has 0 aliphatic rings. The van der Waals surface area contributed by atoms with Crippen LogP contribution >= 0.6 is 0 Å². The summed E-state index contributed by atoms with van der Waals surface area (Å²) < 4.78 is 38.7. The van der Waals surface area contributed by atoms with Crippen molar-refractivity contribution in [3.05, 3.63) is 36.2 Å². The van der Waals surface area contributed by atoms with E-state index in [1.54, 1.807) is 19.2 Å². The van der Waals surface area contributed by atoms with Crippen molar-refractivity contribution in [1.82, 2.24) is 19.7 Å². The fourth-order valence-corrected chi connectivity index (χ4v) is 4.83. The van der Waals surface area contributed by atoms with Crippen molar-refractivity contribution in [3.8, 4) is 5.88 Å². The highest BCUT2D eigenvalue weighted by Gasteiger charge is 2.26. The number of rotatable bonds is 9. The van der Waals surface area contributed by atoms with E-state index in [-0.39, 0.29) is 21.2 Å². The third-order valence-electron chi connectivity index (χ3n) is 5.55. The minimum Gasteiger partial charge on any atom is -0.480 e. The average molecular weight is 461 g/mol. The highest BCUT2D eigenvalue weighted by atomic mass is 32.2. The van der Waals surface area contributed by atoms with Crippen molar-refractivity contribution in [2.24, 2.45) is 5.92 Å². The Labute approximate surface area is 189 Å². The highest BCUT2D eigenvalue weighted by Crippen LogP contribution is 2.31. The van der Waals surface area contributed by atoms with Crippen molar-refractivity contribution in [2.75, 3.05) is 20.8 Å². The standard InChI is InChI=1S/C23H32N4O4S/c1-7-16(12-13-30-5)15-27-19-9-8-17(14-18(19)24-22(27)23(2,3)4)32(28,29)21-11-10-20(31-6)25-26-21/h8-11,14,16H,7,12-13,15H2,1-6H3. The second-order valence-electron chi connectivity index (χ2n) is 8.92. The van der Waals surface area contributed by atoms with Gasteiger partial charge in [0.05, 0.1) is 23.0 Å². The van der Waals surface area contributed by atoms with Gasteiger partial charge in [-0.25, -0.2) is 13.4 Å². The summed E-state index contributed by atoms with van der Waals surface area (Å²) in [5.74, 6) is 1.63. The molecule has 0 amide bonds. The number of nitrogens with zero attached hydrogens (tertiary/aromatic N) is 4. The van der Waals surface area contributed by atoms with Gasteiger partial charge >= 0.3 is 0 Å². The lowest BCUT2D eigenvalue weighted by Gasteiger charge is -2.23. The second kappa shape index (κ2) is 9.54. The summed E-state index contributed by atoms with van der Waals surface area (Å²) in [4.78, 5) is 5.00. The van der Waals surface area contributed by atoms with Crippen LogP contribution in [0.1, 0.15) is 46.4 Å². The van der Waals surface area contributed by atoms with Gasteiger partial charge in [0, 0.05) is 31.7 Å². The Morgan fingerprint density at radius 2 is 1.84 bits per heavy atom. The number of hydrogen-bond acceptors (Lipinski definition) is 7. The van der Waals surface area contributed by atoms with E-state index in [4.69, 9.17) is 14.5 Å². The molecule has 0 N–H and O–H groups in total. The third kappa shape index (κ3) is 4.94. The van der Waals surface area contributed by atoms with E-state index >= 15 is 0 Å². The highest BCUT2D eigenvalue weighted by molar-refractivity contribution is 7.91. The van der Waals surface area contributed by atoms with Gasteiger partial charge in [0.25, 0.3) is 0 Å². The maximum atomic E-state index is 13.1. The second-order valence-corrected chi connectivity index (χ2v) is 10.8. The molecule has 1 unspecified atom stereocenters. The van der Waals surface area contributed by atoms with E-state index in [1.165, 1.54) is 19.2 Å². The summed E-state index contributed by atoms with van der Waals surface area (Å²) >= 11 is 0. The van der Waals surface area contributed by atoms with Gasteiger partial charge in [0.2, 0.25) is 15.7 Å². The summed E-state index contributed by atoms with van der Waals surface area (Å²) in [6.45, 7) is 10.0. The number of imidazole rings is 1. The Kier molecular flexibility index (Phi) is 7.19. The summed E-state index contributed by atoms with van der Waals surface area (Å²) in [5.41, 5.74) is 1.38. The first-order valence-electron chi connectivity index (χ1n) is 10.7. The maximum absolute atomic E-state index is 13.1. The van der Waals surface area contributed by atoms with E-state index in [9.17, 15) is 8.42 Å². The topological polar surface area (TPSA) is 96.2 Å². The molecule has 0 fully saturated rings. The fourth-order valence-electron chi connectivity index (χ4n) is 3.68. The van der Waals surface area contributed by atoms with Gasteiger partial charge < -0.3 is 14.0 Å². The predicted molar refractivity (Wildman–Crippen MR) is 123 cm³/mol. The Balaban J connectivity index is 2.06. The fraction of sp³-hybridized carbons (Fsp3) is 0.522. The van der Waals surface area contributed by atoms with Crippen LogP contribution in [0.3, 0.4) is 0 Å². The normalized spacial score (nSPS) is 13.4. The Hall–Kier alpha value is -2.52. The van der Waals surface area contributed by atoms with Gasteiger partial charge in [0.15, 0.2) is 5.03 Å². The molecule has 0 spiro atoms. The zero-order valence-corrected chi connectivity index (χ0v) is 20.4. The molecule has 1 aromatic carbocycles. The van der Waals surface area contributed by atoms with Crippen LogP contribution in [-0.4, -0.2) is 49.0 Å². The van der Waals surface area contributed by atoms with E-state index < -0.39 is 9.84 Å². The molecule has 174 valence electrons. The molecule has 2 aromatic heterocycles. The van der Waals surface area contributed by atoms with E-state index in [2.05, 4.69) is 42.5 Å². The lowest BCUT2D eigenvalue weighted by Crippen LogP contribution is -2.22. The van der Waals surface area contributed by atoms with Gasteiger partial charge in [-0.15, -0.1) is 10.2 Å². The number of ether oxygens (including phenoxy) is 2. The predicted octanol–water partition coefficient (Wildman–Crippen LogP) is 4.03. The Bertz CT molecular complexity index is 1170. The molecule has 3 aromatic rings. The number of aromatic nitrogens is 4. The van der Waals surface area contributed by atoms with Gasteiger partial charge in [0.1, 0.15) is 5.82 Å². The Morgan fingerprint density at radius 3 is 2.41 bits per heavy atom. The molecule has 0 radical (unpaired) electrons. The molecule has 0 saturated heterocycles. The number of benzene rings is 1. The molecule has 0 aliphatic heterocycles. The summed E-state index contributed by atoms with van der Waals surface area (Å²) in [7, 11) is -0.660. The lowest BCUT2D eigenvalue weighted by atomic mass is 9.95. The zero-order valence-electron chi connectivity index (χ0n) is 19.6. The Morgan fingerprint density at radius 1 is 1.09 bits per heavy atom. The number of methoxy groups -OCH3 is 2. The average Bonchev–Trinajstić information content (AvgIpc) is 3.14. The monoisotopic (exact) mass is 460 g/mol. The molecule has 0 aliphatic carbocycles. The van der Waals surface area contributed by atoms with Crippen molar-refractivity contribution in [1.29, 1.82) is 0 Å². The summed E-state index contributed by atoms with van der Waals surface area (Å²) in [6, 6.07) is 7.95. The summed E-state index contributed by atoms with van der Waals surface area (Å²) in [6.07, 6.45) is 1.98. The third-order valence-corrected chi connectivity index (χ3v) is 7.19. The molecular weight excluding hydrogens is 428 g/mol. The van der Waals surface area contributed by atoms with Crippen LogP contribution in [0, 0.1) is 5.92 Å². The lowest BCUT2D eigenvalue weighted by molar-refractivity contribution is 0.171. The van der Waals surface area contributed by atoms with Gasteiger partial charge in [-0.3, -0.25) is 0 Å². The molecule has 32 heavy (non-hydrogen) atoms. The van der Waals surface area contributed by atoms with Gasteiger partial charge in [-0.2, -0.15) is 0 Å². The van der Waals surface area contributed by atoms with Crippen LogP contribution in [0.25, 0.3) is 11.0 Å². The minimum absolute atomic E-state index is 0.126. The number of sulfone groups is 1. The first kappa shape index (κ1) is 24.1. The van der Waals surface area contributed by atoms with Crippen LogP contribution in [0.2, 0.25) is 0 Å². The molecule has 0 bridgehead atoms. The van der Waals surface area contributed by atoms with Gasteiger partial charge in [-0.05, 0) is 36.6 Å². The van der Waals surface area contributed by atoms with E-state index in [1.807, 2.05) is 6.07 Å². The molecule has 8 nitrogen and oxygen atoms in total. The summed E-state index contributed by atoms with van der Waals surface area (Å²) in [5, 5.41) is 7.48. The molecule has 0 saturated carbocycles. The van der Waals surface area contributed by atoms with Crippen LogP contribution in [-0.2, 0) is 26.5 Å². The van der Waals surface area contributed by atoms with E-state index in [0.29, 0.717) is 18.0 Å². The number of fused-ring (bicyclic) bond motifs is 1. The minimum atomic E-state index is -3.83. The van der Waals surface area contributed by atoms with E-state index in [0.717, 1.165) is 30.7 Å². The smallest absolute Gasteiger partial charge is 0.233 e. The number of hydrogen-bond donors (Lipinski definition) is 0. The molecule has 2 heterocycles. The first-order valence-corrected chi connectivity index (χ1v) is 12.2. The van der Waals surface area contributed by atoms with Crippen LogP contribution < -0.4 is 4.74 Å². The van der Waals surface area contributed by atoms with Crippen LogP contribution in [0.5, 0.6) is 5.88 Å². The molecule has 3 rings (SSSR count). The van der Waals surface area contributed by atoms with Crippen LogP contribution in [0.4, 0.5) is 0 Å². The van der Waals surface area contributed by atoms with Gasteiger partial charge in [-0.1, -0.05) is 34.1 Å². The molecule has 9 heteroatoms. The van der Waals surface area contributed by atoms with Crippen molar-refractivity contribution < 1.29 is 17.9 Å². The maximum Gasteiger partial charge on any atom is 0.233 e. The molecular formula is C23H32N4O4S. The van der Waals surface area contributed by atoms with Crippen molar-refractivity contribution >= 4 is 20.9 Å². The SMILES string of the molecule is CCC(CCOC)Cn1c(C(C)(C)C)nc2cc(S(=O)(=O)c3ccc(OC)nn3)ccc21.